The Bertz CT molecular complexity index is 346. The van der Waals surface area contributed by atoms with Crippen molar-refractivity contribution in [3.05, 3.63) is 10.4 Å². The Kier molecular flexibility index (Phi) is 6.12. The lowest BCUT2D eigenvalue weighted by atomic mass is 9.93. The monoisotopic (exact) mass is 269 g/mol. The zero-order valence-corrected chi connectivity index (χ0v) is 12.0. The van der Waals surface area contributed by atoms with Gasteiger partial charge in [-0.05, 0) is 23.8 Å². The summed E-state index contributed by atoms with van der Waals surface area (Å²) in [5.74, 6) is -0.361. The molecule has 0 aromatic rings. The number of hydrogen-bond donors (Lipinski definition) is 0. The molecule has 6 heteroatoms. The first-order valence-electron chi connectivity index (χ1n) is 6.74. The molecule has 0 aromatic heterocycles. The van der Waals surface area contributed by atoms with Crippen LogP contribution in [0.2, 0.25) is 0 Å². The minimum atomic E-state index is -0.361. The number of esters is 1. The van der Waals surface area contributed by atoms with Gasteiger partial charge in [-0.1, -0.05) is 38.7 Å². The second-order valence-corrected chi connectivity index (χ2v) is 6.13. The van der Waals surface area contributed by atoms with E-state index < -0.39 is 0 Å². The Labute approximate surface area is 114 Å². The van der Waals surface area contributed by atoms with E-state index in [9.17, 15) is 4.79 Å². The number of rotatable bonds is 5. The van der Waals surface area contributed by atoms with E-state index in [1.807, 2.05) is 20.8 Å². The third-order valence-corrected chi connectivity index (χ3v) is 2.95. The summed E-state index contributed by atoms with van der Waals surface area (Å²) in [4.78, 5) is 14.4. The number of carbonyl (C=O) groups is 1. The van der Waals surface area contributed by atoms with Gasteiger partial charge in [0.15, 0.2) is 0 Å². The van der Waals surface area contributed by atoms with Crippen LogP contribution in [0.4, 0.5) is 0 Å². The largest absolute Gasteiger partial charge is 0.463 e. The van der Waals surface area contributed by atoms with Crippen molar-refractivity contribution in [2.75, 3.05) is 13.2 Å². The maximum atomic E-state index is 11.5. The molecule has 0 spiro atoms. The third-order valence-electron chi connectivity index (χ3n) is 2.95. The summed E-state index contributed by atoms with van der Waals surface area (Å²) in [6, 6.07) is -0.158. The fourth-order valence-corrected chi connectivity index (χ4v) is 1.98. The van der Waals surface area contributed by atoms with Crippen LogP contribution in [0.25, 0.3) is 10.4 Å². The van der Waals surface area contributed by atoms with E-state index in [0.29, 0.717) is 6.61 Å². The minimum absolute atomic E-state index is 0.0475. The average Bonchev–Trinajstić information content (AvgIpc) is 2.35. The smallest absolute Gasteiger partial charge is 0.332 e. The summed E-state index contributed by atoms with van der Waals surface area (Å²) in [6.45, 7) is 6.30. The average molecular weight is 269 g/mol. The van der Waals surface area contributed by atoms with Gasteiger partial charge in [-0.3, -0.25) is 0 Å². The van der Waals surface area contributed by atoms with Gasteiger partial charge in [0.1, 0.15) is 6.61 Å². The molecular formula is C13H23N3O3. The van der Waals surface area contributed by atoms with Crippen LogP contribution in [-0.2, 0) is 14.3 Å². The van der Waals surface area contributed by atoms with Crippen LogP contribution in [0.1, 0.15) is 46.5 Å². The second-order valence-electron chi connectivity index (χ2n) is 6.13. The fraction of sp³-hybridized carbons (Fsp3) is 0.923. The molecule has 108 valence electrons. The van der Waals surface area contributed by atoms with E-state index in [0.717, 1.165) is 25.7 Å². The fourth-order valence-electron chi connectivity index (χ4n) is 1.98. The normalized spacial score (nSPS) is 23.5. The second kappa shape index (κ2) is 7.36. The number of ether oxygens (including phenoxy) is 2. The van der Waals surface area contributed by atoms with Crippen molar-refractivity contribution in [3.63, 3.8) is 0 Å². The van der Waals surface area contributed by atoms with Gasteiger partial charge in [-0.25, -0.2) is 4.79 Å². The van der Waals surface area contributed by atoms with Crippen LogP contribution in [0.3, 0.4) is 0 Å². The maximum absolute atomic E-state index is 11.5. The van der Waals surface area contributed by atoms with Crippen molar-refractivity contribution in [1.29, 1.82) is 0 Å². The lowest BCUT2D eigenvalue weighted by Crippen LogP contribution is -2.33. The molecule has 0 bridgehead atoms. The molecular weight excluding hydrogens is 246 g/mol. The van der Waals surface area contributed by atoms with Gasteiger partial charge < -0.3 is 9.47 Å². The molecule has 1 saturated carbocycles. The van der Waals surface area contributed by atoms with Crippen LogP contribution < -0.4 is 0 Å². The Hall–Kier alpha value is -1.26. The number of hydrogen-bond acceptors (Lipinski definition) is 4. The molecule has 1 aliphatic rings. The predicted octanol–water partition coefficient (Wildman–Crippen LogP) is 3.21. The summed E-state index contributed by atoms with van der Waals surface area (Å²) in [5.41, 5.74) is 8.45. The molecule has 0 amide bonds. The zero-order valence-electron chi connectivity index (χ0n) is 12.0. The highest BCUT2D eigenvalue weighted by molar-refractivity contribution is 5.70. The number of nitrogens with zero attached hydrogens (tertiary/aromatic N) is 3. The molecule has 1 aliphatic carbocycles. The molecule has 1 rings (SSSR count). The van der Waals surface area contributed by atoms with Crippen LogP contribution >= 0.6 is 0 Å². The molecule has 19 heavy (non-hydrogen) atoms. The third kappa shape index (κ3) is 6.45. The highest BCUT2D eigenvalue weighted by Gasteiger charge is 2.26. The molecule has 0 radical (unpaired) electrons. The first-order valence-corrected chi connectivity index (χ1v) is 6.74. The van der Waals surface area contributed by atoms with Crippen molar-refractivity contribution in [1.82, 2.24) is 0 Å². The number of carbonyl (C=O) groups excluding carboxylic acids is 1. The maximum Gasteiger partial charge on any atom is 0.332 e. The first kappa shape index (κ1) is 15.8. The van der Waals surface area contributed by atoms with Crippen molar-refractivity contribution in [2.24, 2.45) is 10.5 Å². The molecule has 0 heterocycles. The molecule has 0 saturated heterocycles. The highest BCUT2D eigenvalue weighted by atomic mass is 16.6. The molecule has 6 nitrogen and oxygen atoms in total. The van der Waals surface area contributed by atoms with Crippen LogP contribution in [0.15, 0.2) is 5.11 Å². The minimum Gasteiger partial charge on any atom is -0.463 e. The summed E-state index contributed by atoms with van der Waals surface area (Å²) < 4.78 is 10.7. The van der Waals surface area contributed by atoms with Gasteiger partial charge >= 0.3 is 5.97 Å². The molecule has 0 aliphatic heterocycles. The van der Waals surface area contributed by atoms with Crippen LogP contribution in [0, 0.1) is 5.41 Å². The summed E-state index contributed by atoms with van der Waals surface area (Å²) in [5, 5.41) is 3.73. The van der Waals surface area contributed by atoms with Crippen LogP contribution in [-0.4, -0.2) is 31.3 Å². The lowest BCUT2D eigenvalue weighted by Gasteiger charge is -2.28. The van der Waals surface area contributed by atoms with Crippen molar-refractivity contribution >= 4 is 5.97 Å². The van der Waals surface area contributed by atoms with Crippen molar-refractivity contribution in [2.45, 2.75) is 58.6 Å². The molecule has 0 aromatic carbocycles. The first-order chi connectivity index (χ1) is 8.92. The van der Waals surface area contributed by atoms with E-state index in [4.69, 9.17) is 15.0 Å². The molecule has 0 N–H and O–H groups in total. The molecule has 1 fully saturated rings. The summed E-state index contributed by atoms with van der Waals surface area (Å²) >= 11 is 0. The highest BCUT2D eigenvalue weighted by Crippen LogP contribution is 2.24. The zero-order chi connectivity index (χ0) is 14.3. The van der Waals surface area contributed by atoms with Gasteiger partial charge in [-0.2, -0.15) is 0 Å². The predicted molar refractivity (Wildman–Crippen MR) is 71.6 cm³/mol. The van der Waals surface area contributed by atoms with Gasteiger partial charge in [0.2, 0.25) is 0 Å². The van der Waals surface area contributed by atoms with E-state index in [2.05, 4.69) is 10.0 Å². The van der Waals surface area contributed by atoms with E-state index in [1.54, 1.807) is 0 Å². The van der Waals surface area contributed by atoms with Gasteiger partial charge in [-0.15, -0.1) is 0 Å². The lowest BCUT2D eigenvalue weighted by molar-refractivity contribution is -0.154. The van der Waals surface area contributed by atoms with E-state index >= 15 is 0 Å². The Balaban J connectivity index is 2.33. The summed E-state index contributed by atoms with van der Waals surface area (Å²) in [7, 11) is 0. The quantitative estimate of drug-likeness (QED) is 0.332. The van der Waals surface area contributed by atoms with Gasteiger partial charge in [0.25, 0.3) is 0 Å². The van der Waals surface area contributed by atoms with Crippen molar-refractivity contribution in [3.8, 4) is 0 Å². The SMILES string of the molecule is CC(C)(C)COC(=O)CO[C@H]1CCCC[C@@H]1N=[N+]=[N-]. The Morgan fingerprint density at radius 1 is 1.37 bits per heavy atom. The van der Waals surface area contributed by atoms with E-state index in [-0.39, 0.29) is 30.1 Å². The Morgan fingerprint density at radius 3 is 2.68 bits per heavy atom. The van der Waals surface area contributed by atoms with Gasteiger partial charge in [0, 0.05) is 4.91 Å². The van der Waals surface area contributed by atoms with Crippen LogP contribution in [0.5, 0.6) is 0 Å². The van der Waals surface area contributed by atoms with E-state index in [1.165, 1.54) is 0 Å². The van der Waals surface area contributed by atoms with Crippen molar-refractivity contribution < 1.29 is 14.3 Å². The summed E-state index contributed by atoms with van der Waals surface area (Å²) in [6.07, 6.45) is 3.57. The number of azide groups is 1. The topological polar surface area (TPSA) is 84.3 Å². The Morgan fingerprint density at radius 2 is 2.05 bits per heavy atom. The van der Waals surface area contributed by atoms with Gasteiger partial charge in [0.05, 0.1) is 18.8 Å². The standard InChI is InChI=1S/C13H23N3O3/c1-13(2,3)9-19-12(17)8-18-11-7-5-4-6-10(11)15-16-14/h10-11H,4-9H2,1-3H3/t10-,11-/m0/s1. The molecule has 0 unspecified atom stereocenters. The molecule has 2 atom stereocenters.